The predicted octanol–water partition coefficient (Wildman–Crippen LogP) is 5.59. The van der Waals surface area contributed by atoms with E-state index >= 15 is 0 Å². The Kier molecular flexibility index (Phi) is 12.8. The van der Waals surface area contributed by atoms with Crippen molar-refractivity contribution in [2.24, 2.45) is 23.7 Å². The lowest BCUT2D eigenvalue weighted by Gasteiger charge is -2.51. The smallest absolute Gasteiger partial charge is 0.316 e. The van der Waals surface area contributed by atoms with Crippen LogP contribution in [0.4, 0.5) is 0 Å². The van der Waals surface area contributed by atoms with E-state index in [9.17, 15) is 20.2 Å². The Morgan fingerprint density at radius 2 is 1.78 bits per heavy atom. The van der Waals surface area contributed by atoms with Crippen molar-refractivity contribution in [3.8, 4) is 0 Å². The number of aliphatic hydroxyl groups excluding tert-OH is 1. The van der Waals surface area contributed by atoms with Crippen LogP contribution in [0.2, 0.25) is 0 Å². The van der Waals surface area contributed by atoms with Crippen LogP contribution in [0.15, 0.2) is 47.1 Å². The second-order valence-corrected chi connectivity index (χ2v) is 17.6. The molecular weight excluding hydrogens is 706 g/mol. The van der Waals surface area contributed by atoms with Crippen LogP contribution < -0.4 is 5.48 Å². The summed E-state index contributed by atoms with van der Waals surface area (Å²) in [7, 11) is 1.59. The zero-order chi connectivity index (χ0) is 39.1. The summed E-state index contributed by atoms with van der Waals surface area (Å²) in [6.45, 7) is 10.1. The molecule has 0 aromatic heterocycles. The number of fused-ring (bicyclic) bond motifs is 2. The van der Waals surface area contributed by atoms with Crippen LogP contribution in [-0.2, 0) is 38.0 Å². The first-order valence-corrected chi connectivity index (χ1v) is 20.9. The monoisotopic (exact) mass is 771 g/mol. The lowest BCUT2D eigenvalue weighted by molar-refractivity contribution is -0.342. The van der Waals surface area contributed by atoms with Crippen LogP contribution in [0.5, 0.6) is 0 Å². The Balaban J connectivity index is 1.24. The van der Waals surface area contributed by atoms with E-state index in [2.05, 4.69) is 32.3 Å². The first kappa shape index (κ1) is 41.2. The van der Waals surface area contributed by atoms with Gasteiger partial charge in [0, 0.05) is 38.7 Å². The third-order valence-corrected chi connectivity index (χ3v) is 13.8. The molecule has 0 radical (unpaired) electrons. The maximum atomic E-state index is 14.4. The first-order valence-electron chi connectivity index (χ1n) is 20.9. The van der Waals surface area contributed by atoms with E-state index in [4.69, 9.17) is 33.2 Å². The van der Waals surface area contributed by atoms with Crippen molar-refractivity contribution in [3.05, 3.63) is 47.1 Å². The van der Waals surface area contributed by atoms with Gasteiger partial charge in [-0.15, -0.1) is 0 Å². The molecule has 0 amide bonds. The maximum Gasteiger partial charge on any atom is 0.316 e. The van der Waals surface area contributed by atoms with Gasteiger partial charge in [0.05, 0.1) is 43.2 Å². The van der Waals surface area contributed by atoms with Crippen molar-refractivity contribution < 1.29 is 53.4 Å². The molecule has 12 heteroatoms. The number of carbonyl (C=O) groups is 1. The molecule has 15 atom stereocenters. The van der Waals surface area contributed by atoms with Gasteiger partial charge in [-0.25, -0.2) is 0 Å². The largest absolute Gasteiger partial charge is 0.462 e. The molecule has 4 saturated heterocycles. The Bertz CT molecular complexity index is 1490. The van der Waals surface area contributed by atoms with Crippen molar-refractivity contribution in [1.82, 2.24) is 5.48 Å². The fraction of sp³-hybridized carbons (Fsp3) is 0.791. The van der Waals surface area contributed by atoms with Crippen molar-refractivity contribution in [2.75, 3.05) is 13.7 Å². The van der Waals surface area contributed by atoms with Crippen LogP contribution in [0, 0.1) is 23.7 Å². The highest BCUT2D eigenvalue weighted by Crippen LogP contribution is 2.49. The van der Waals surface area contributed by atoms with Crippen LogP contribution >= 0.6 is 0 Å². The molecule has 7 rings (SSSR count). The summed E-state index contributed by atoms with van der Waals surface area (Å²) in [4.78, 5) is 14.4. The third kappa shape index (κ3) is 8.33. The molecule has 5 heterocycles. The lowest BCUT2D eigenvalue weighted by atomic mass is 9.70. The van der Waals surface area contributed by atoms with Crippen molar-refractivity contribution in [3.63, 3.8) is 0 Å². The zero-order valence-corrected chi connectivity index (χ0v) is 33.6. The molecule has 12 nitrogen and oxygen atoms in total. The highest BCUT2D eigenvalue weighted by molar-refractivity contribution is 5.78. The summed E-state index contributed by atoms with van der Waals surface area (Å²) in [5, 5.41) is 33.4. The van der Waals surface area contributed by atoms with E-state index in [-0.39, 0.29) is 24.7 Å². The second kappa shape index (κ2) is 17.1. The van der Waals surface area contributed by atoms with Gasteiger partial charge in [0.25, 0.3) is 0 Å². The van der Waals surface area contributed by atoms with Gasteiger partial charge < -0.3 is 48.6 Å². The molecule has 4 N–H and O–H groups in total. The lowest BCUT2D eigenvalue weighted by Crippen LogP contribution is -2.61. The number of methoxy groups -OCH3 is 1. The molecule has 1 saturated carbocycles. The quantitative estimate of drug-likeness (QED) is 0.157. The fourth-order valence-corrected chi connectivity index (χ4v) is 10.6. The van der Waals surface area contributed by atoms with Gasteiger partial charge in [0.2, 0.25) is 0 Å². The summed E-state index contributed by atoms with van der Waals surface area (Å²) in [6.07, 6.45) is 14.8. The third-order valence-electron chi connectivity index (χ3n) is 13.8. The van der Waals surface area contributed by atoms with Gasteiger partial charge in [-0.3, -0.25) is 4.79 Å². The standard InChI is InChI=1S/C43H65NO11/c1-24-11-10-14-30-23-50-40-36(44-48)27(4)19-33(43(30,40)47)41(46)52-32-20-31(16-15-25(2)38(24)53-35-21-34(49-6)37(45)28(5)51-35)54-42(22-32)18-17-26(3)39(55-42)29-12-8-7-9-13-29/h10-11,14-15,19,24,26,28-29,31-40,44-45,47-48H,7-9,12-13,16-18,20-23H2,1-6H3/t24-,26-,28-,31?,32-,33-,34-,35-,36+,37-,38?,39-,40+,42+,43+/m0/s1. The minimum Gasteiger partial charge on any atom is -0.462 e. The number of hydroxylamine groups is 1. The SMILES string of the molecule is CO[C@H]1C[C@H](OC2C(C)=CCC3C[C@@H](C[C@]4(CC[C@H](C)[C@@H](C5CCCCC5)O4)O3)OC(=O)[C@@H]3C=C(C)[C@@H](NO)[C@H]4OCC(=CC=C[C@@H]2C)[C@]43O)O[C@@H](C)[C@@H]1O. The second-order valence-electron chi connectivity index (χ2n) is 17.6. The number of aliphatic hydroxyl groups is 2. The number of nitrogens with one attached hydrogen (secondary N) is 1. The van der Waals surface area contributed by atoms with E-state index in [0.717, 1.165) is 24.8 Å². The Labute approximate surface area is 326 Å². The molecule has 2 unspecified atom stereocenters. The number of carbonyl (C=O) groups excluding carboxylic acids is 1. The van der Waals surface area contributed by atoms with E-state index in [0.29, 0.717) is 55.1 Å². The number of hydrogen-bond acceptors (Lipinski definition) is 12. The summed E-state index contributed by atoms with van der Waals surface area (Å²) in [5.74, 6) is -1.73. The highest BCUT2D eigenvalue weighted by Gasteiger charge is 2.60. The van der Waals surface area contributed by atoms with Crippen molar-refractivity contribution in [1.29, 1.82) is 0 Å². The minimum absolute atomic E-state index is 0.0768. The Morgan fingerprint density at radius 1 is 1.00 bits per heavy atom. The van der Waals surface area contributed by atoms with Crippen LogP contribution in [-0.4, -0.2) is 108 Å². The number of esters is 1. The number of hydrogen-bond donors (Lipinski definition) is 4. The topological polar surface area (TPSA) is 154 Å². The van der Waals surface area contributed by atoms with Crippen molar-refractivity contribution >= 4 is 5.97 Å². The van der Waals surface area contributed by atoms with Gasteiger partial charge in [0.1, 0.15) is 29.8 Å². The van der Waals surface area contributed by atoms with Gasteiger partial charge in [0.15, 0.2) is 12.1 Å². The average molecular weight is 772 g/mol. The highest BCUT2D eigenvalue weighted by atomic mass is 16.7. The Hall–Kier alpha value is -1.97. The molecule has 2 bridgehead atoms. The van der Waals surface area contributed by atoms with Gasteiger partial charge >= 0.3 is 5.97 Å². The van der Waals surface area contributed by atoms with E-state index in [1.807, 2.05) is 26.0 Å². The van der Waals surface area contributed by atoms with Gasteiger partial charge in [-0.1, -0.05) is 69.1 Å². The fourth-order valence-electron chi connectivity index (χ4n) is 10.6. The summed E-state index contributed by atoms with van der Waals surface area (Å²) >= 11 is 0. The van der Waals surface area contributed by atoms with E-state index in [1.54, 1.807) is 19.3 Å². The summed E-state index contributed by atoms with van der Waals surface area (Å²) in [6, 6.07) is -0.712. The van der Waals surface area contributed by atoms with Crippen molar-refractivity contribution in [2.45, 2.75) is 178 Å². The van der Waals surface area contributed by atoms with Crippen LogP contribution in [0.25, 0.3) is 0 Å². The average Bonchev–Trinajstić information content (AvgIpc) is 3.50. The van der Waals surface area contributed by atoms with E-state index < -0.39 is 72.2 Å². The molecule has 308 valence electrons. The van der Waals surface area contributed by atoms with Crippen LogP contribution in [0.1, 0.15) is 105 Å². The molecule has 5 fully saturated rings. The van der Waals surface area contributed by atoms with Gasteiger partial charge in [-0.05, 0) is 69.4 Å². The predicted molar refractivity (Wildman–Crippen MR) is 203 cm³/mol. The minimum atomic E-state index is -1.76. The molecule has 5 aliphatic heterocycles. The normalized spacial score (nSPS) is 46.0. The number of ether oxygens (including phenoxy) is 7. The van der Waals surface area contributed by atoms with Crippen LogP contribution in [0.3, 0.4) is 0 Å². The number of allylic oxidation sites excluding steroid dienone is 2. The molecule has 1 spiro atoms. The maximum absolute atomic E-state index is 14.4. The number of rotatable bonds is 5. The molecular formula is C43H65NO11. The summed E-state index contributed by atoms with van der Waals surface area (Å²) < 4.78 is 45.2. The van der Waals surface area contributed by atoms with Gasteiger partial charge in [-0.2, -0.15) is 5.48 Å². The van der Waals surface area contributed by atoms with E-state index in [1.165, 1.54) is 19.3 Å². The molecule has 55 heavy (non-hydrogen) atoms. The summed E-state index contributed by atoms with van der Waals surface area (Å²) in [5.41, 5.74) is 2.75. The zero-order valence-electron chi connectivity index (χ0n) is 33.6. The molecule has 0 aromatic rings. The molecule has 2 aliphatic carbocycles. The molecule has 7 aliphatic rings. The Morgan fingerprint density at radius 3 is 2.53 bits per heavy atom. The molecule has 0 aromatic carbocycles. The first-order chi connectivity index (χ1) is 26.4.